The summed E-state index contributed by atoms with van der Waals surface area (Å²) in [6.07, 6.45) is 5.23. The number of carbonyl (C=O) groups is 2. The maximum Gasteiger partial charge on any atom is 0.247 e. The molecule has 0 spiro atoms. The molecule has 2 aliphatic rings. The largest absolute Gasteiger partial charge is 0.496 e. The van der Waals surface area contributed by atoms with Crippen molar-refractivity contribution in [2.75, 3.05) is 65.2 Å². The average molecular weight is 598 g/mol. The Hall–Kier alpha value is -4.64. The molecule has 2 aromatic heterocycles. The van der Waals surface area contributed by atoms with Crippen LogP contribution >= 0.6 is 0 Å². The van der Waals surface area contributed by atoms with Crippen molar-refractivity contribution >= 4 is 28.7 Å². The fourth-order valence-corrected chi connectivity index (χ4v) is 6.43. The quantitative estimate of drug-likeness (QED) is 0.329. The van der Waals surface area contributed by atoms with Crippen LogP contribution in [0.25, 0.3) is 16.8 Å². The highest BCUT2D eigenvalue weighted by Gasteiger charge is 2.35. The summed E-state index contributed by atoms with van der Waals surface area (Å²) in [6.45, 7) is 3.99. The van der Waals surface area contributed by atoms with Crippen molar-refractivity contribution in [1.29, 1.82) is 0 Å². The first kappa shape index (κ1) is 29.4. The van der Waals surface area contributed by atoms with Gasteiger partial charge in [-0.1, -0.05) is 12.1 Å². The standard InChI is InChI=1S/C33H39N7O4/c1-20-31-30(36-32(40(31)15-13-34-20)22-12-14-39(18-22)19-29(41)37(2)3)21-10-11-24(28(16-21)44-6)35-33(42)26-17-23-25(38(26)4)8-7-9-27(23)43-5/h7-11,13,15-16,22,26H,12,14,17-19H2,1-6H3,(H,35,42)/t22-,26?/m1/s1. The molecule has 2 aliphatic heterocycles. The number of likely N-dealkylation sites (tertiary alicyclic amines) is 1. The lowest BCUT2D eigenvalue weighted by Crippen LogP contribution is -2.39. The number of methoxy groups -OCH3 is 2. The van der Waals surface area contributed by atoms with Crippen molar-refractivity contribution in [3.05, 3.63) is 65.9 Å². The van der Waals surface area contributed by atoms with Crippen molar-refractivity contribution in [2.24, 2.45) is 0 Å². The zero-order valence-corrected chi connectivity index (χ0v) is 26.1. The second kappa shape index (κ2) is 11.8. The van der Waals surface area contributed by atoms with E-state index in [1.165, 1.54) is 0 Å². The lowest BCUT2D eigenvalue weighted by Gasteiger charge is -2.22. The fourth-order valence-electron chi connectivity index (χ4n) is 6.43. The third kappa shape index (κ3) is 5.21. The number of nitrogens with one attached hydrogen (secondary N) is 1. The van der Waals surface area contributed by atoms with Gasteiger partial charge < -0.3 is 24.6 Å². The van der Waals surface area contributed by atoms with E-state index in [0.29, 0.717) is 24.4 Å². The Labute approximate surface area is 257 Å². The number of carbonyl (C=O) groups excluding carboxylic acids is 2. The van der Waals surface area contributed by atoms with Crippen LogP contribution in [0.4, 0.5) is 11.4 Å². The van der Waals surface area contributed by atoms with Crippen molar-refractivity contribution in [3.8, 4) is 22.8 Å². The molecule has 230 valence electrons. The highest BCUT2D eigenvalue weighted by atomic mass is 16.5. The second-order valence-corrected chi connectivity index (χ2v) is 11.8. The second-order valence-electron chi connectivity index (χ2n) is 11.8. The number of nitrogens with zero attached hydrogens (tertiary/aromatic N) is 6. The smallest absolute Gasteiger partial charge is 0.247 e. The molecule has 6 rings (SSSR count). The van der Waals surface area contributed by atoms with Crippen molar-refractivity contribution < 1.29 is 19.1 Å². The molecular weight excluding hydrogens is 558 g/mol. The number of aromatic nitrogens is 3. The third-order valence-corrected chi connectivity index (χ3v) is 8.87. The number of aryl methyl sites for hydroxylation is 1. The van der Waals surface area contributed by atoms with E-state index < -0.39 is 0 Å². The maximum absolute atomic E-state index is 13.5. The molecule has 1 N–H and O–H groups in total. The minimum Gasteiger partial charge on any atom is -0.496 e. The number of ether oxygens (including phenoxy) is 2. The van der Waals surface area contributed by atoms with Gasteiger partial charge in [0.05, 0.1) is 43.4 Å². The van der Waals surface area contributed by atoms with Crippen LogP contribution in [0.2, 0.25) is 0 Å². The number of imidazole rings is 1. The average Bonchev–Trinajstić information content (AvgIpc) is 3.73. The van der Waals surface area contributed by atoms with Crippen LogP contribution in [0.1, 0.15) is 29.4 Å². The molecule has 4 aromatic rings. The van der Waals surface area contributed by atoms with Gasteiger partial charge in [-0.05, 0) is 44.2 Å². The molecule has 0 bridgehead atoms. The molecule has 1 fully saturated rings. The van der Waals surface area contributed by atoms with Gasteiger partial charge in [0.1, 0.15) is 23.4 Å². The normalized spacial score (nSPS) is 18.0. The zero-order chi connectivity index (χ0) is 31.1. The van der Waals surface area contributed by atoms with E-state index in [4.69, 9.17) is 14.5 Å². The van der Waals surface area contributed by atoms with E-state index >= 15 is 0 Å². The number of hydrogen-bond donors (Lipinski definition) is 1. The van der Waals surface area contributed by atoms with E-state index in [1.54, 1.807) is 39.4 Å². The first-order valence-electron chi connectivity index (χ1n) is 14.8. The topological polar surface area (TPSA) is 105 Å². The van der Waals surface area contributed by atoms with Gasteiger partial charge in [0.25, 0.3) is 0 Å². The molecule has 1 saturated heterocycles. The molecule has 44 heavy (non-hydrogen) atoms. The van der Waals surface area contributed by atoms with Crippen LogP contribution in [0, 0.1) is 6.92 Å². The van der Waals surface area contributed by atoms with Gasteiger partial charge in [0, 0.05) is 69.2 Å². The SMILES string of the molecule is COc1cc(-c2nc([C@@H]3CCN(CC(=O)N(C)C)C3)n3ccnc(C)c23)ccc1NC(=O)C1Cc2c(OC)cccc2N1C. The third-order valence-electron chi connectivity index (χ3n) is 8.87. The Morgan fingerprint density at radius 1 is 1.11 bits per heavy atom. The molecule has 4 heterocycles. The molecular formula is C33H39N7O4. The predicted molar refractivity (Wildman–Crippen MR) is 170 cm³/mol. The molecule has 11 heteroatoms. The Morgan fingerprint density at radius 3 is 2.66 bits per heavy atom. The summed E-state index contributed by atoms with van der Waals surface area (Å²) < 4.78 is 13.4. The summed E-state index contributed by atoms with van der Waals surface area (Å²) in [5.74, 6) is 2.45. The summed E-state index contributed by atoms with van der Waals surface area (Å²) in [5.41, 5.74) is 6.09. The number of likely N-dealkylation sites (N-methyl/N-ethyl adjacent to an activating group) is 2. The minimum absolute atomic E-state index is 0.0995. The highest BCUT2D eigenvalue weighted by Crippen LogP contribution is 2.39. The number of rotatable bonds is 8. The van der Waals surface area contributed by atoms with Crippen LogP contribution in [0.3, 0.4) is 0 Å². The van der Waals surface area contributed by atoms with Gasteiger partial charge in [-0.2, -0.15) is 0 Å². The molecule has 0 radical (unpaired) electrons. The summed E-state index contributed by atoms with van der Waals surface area (Å²) >= 11 is 0. The summed E-state index contributed by atoms with van der Waals surface area (Å²) in [5, 5.41) is 3.09. The van der Waals surface area contributed by atoms with Crippen LogP contribution in [-0.2, 0) is 16.0 Å². The van der Waals surface area contributed by atoms with Crippen molar-refractivity contribution in [1.82, 2.24) is 24.2 Å². The first-order valence-corrected chi connectivity index (χ1v) is 14.8. The Balaban J connectivity index is 1.27. The number of fused-ring (bicyclic) bond motifs is 2. The van der Waals surface area contributed by atoms with Crippen molar-refractivity contribution in [3.63, 3.8) is 0 Å². The van der Waals surface area contributed by atoms with Gasteiger partial charge >= 0.3 is 0 Å². The number of hydrogen-bond acceptors (Lipinski definition) is 8. The fraction of sp³-hybridized carbons (Fsp3) is 0.394. The van der Waals surface area contributed by atoms with Gasteiger partial charge in [0.15, 0.2) is 0 Å². The molecule has 2 aromatic carbocycles. The molecule has 11 nitrogen and oxygen atoms in total. The van der Waals surface area contributed by atoms with Crippen LogP contribution in [0.5, 0.6) is 11.5 Å². The monoisotopic (exact) mass is 597 g/mol. The summed E-state index contributed by atoms with van der Waals surface area (Å²) in [4.78, 5) is 41.4. The lowest BCUT2D eigenvalue weighted by molar-refractivity contribution is -0.129. The number of benzene rings is 2. The molecule has 0 saturated carbocycles. The van der Waals surface area contributed by atoms with E-state index in [1.807, 2.05) is 61.5 Å². The lowest BCUT2D eigenvalue weighted by atomic mass is 10.1. The van der Waals surface area contributed by atoms with E-state index in [9.17, 15) is 9.59 Å². The van der Waals surface area contributed by atoms with Crippen molar-refractivity contribution in [2.45, 2.75) is 31.7 Å². The molecule has 0 aliphatic carbocycles. The Bertz CT molecular complexity index is 1730. The van der Waals surface area contributed by atoms with Gasteiger partial charge in [-0.25, -0.2) is 4.98 Å². The molecule has 2 amide bonds. The van der Waals surface area contributed by atoms with Gasteiger partial charge in [0.2, 0.25) is 11.8 Å². The van der Waals surface area contributed by atoms with Gasteiger partial charge in [-0.15, -0.1) is 0 Å². The highest BCUT2D eigenvalue weighted by molar-refractivity contribution is 6.00. The van der Waals surface area contributed by atoms with E-state index in [2.05, 4.69) is 19.6 Å². The number of amides is 2. The summed E-state index contributed by atoms with van der Waals surface area (Å²) in [7, 11) is 8.75. The molecule has 1 unspecified atom stereocenters. The van der Waals surface area contributed by atoms with Gasteiger partial charge in [-0.3, -0.25) is 23.9 Å². The zero-order valence-electron chi connectivity index (χ0n) is 26.1. The molecule has 2 atom stereocenters. The van der Waals surface area contributed by atoms with Crippen LogP contribution in [0.15, 0.2) is 48.8 Å². The van der Waals surface area contributed by atoms with Crippen LogP contribution < -0.4 is 19.7 Å². The Morgan fingerprint density at radius 2 is 1.91 bits per heavy atom. The van der Waals surface area contributed by atoms with E-state index in [-0.39, 0.29) is 23.8 Å². The Kier molecular flexibility index (Phi) is 7.89. The predicted octanol–water partition coefficient (Wildman–Crippen LogP) is 3.60. The summed E-state index contributed by atoms with van der Waals surface area (Å²) in [6, 6.07) is 11.2. The maximum atomic E-state index is 13.5. The number of anilines is 2. The van der Waals surface area contributed by atoms with Crippen LogP contribution in [-0.4, -0.2) is 97.0 Å². The van der Waals surface area contributed by atoms with E-state index in [0.717, 1.165) is 64.8 Å². The first-order chi connectivity index (χ1) is 21.2. The minimum atomic E-state index is -0.377.